The number of rotatable bonds is 4. The van der Waals surface area contributed by atoms with Crippen molar-refractivity contribution in [3.63, 3.8) is 0 Å². The summed E-state index contributed by atoms with van der Waals surface area (Å²) in [4.78, 5) is 18.3. The summed E-state index contributed by atoms with van der Waals surface area (Å²) in [6.45, 7) is 2.99. The van der Waals surface area contributed by atoms with Crippen LogP contribution in [-0.2, 0) is 4.74 Å². The SMILES string of the molecule is NC(=O)c1ccc2cncc(N3CCC(CC4CCCCO4)CC3)c2c1. The Hall–Kier alpha value is -2.14. The van der Waals surface area contributed by atoms with E-state index >= 15 is 0 Å². The standard InChI is InChI=1S/C21H27N3O2/c22-21(25)16-4-5-17-13-23-14-20(19(17)12-16)24-8-6-15(7-9-24)11-18-3-1-2-10-26-18/h4-5,12-15,18H,1-3,6-11H2,(H2,22,25). The van der Waals surface area contributed by atoms with Crippen molar-refractivity contribution >= 4 is 22.4 Å². The van der Waals surface area contributed by atoms with Crippen LogP contribution in [0.4, 0.5) is 5.69 Å². The van der Waals surface area contributed by atoms with Crippen molar-refractivity contribution in [2.24, 2.45) is 11.7 Å². The maximum Gasteiger partial charge on any atom is 0.248 e. The van der Waals surface area contributed by atoms with E-state index in [1.165, 1.54) is 38.5 Å². The van der Waals surface area contributed by atoms with E-state index < -0.39 is 0 Å². The molecule has 1 aromatic heterocycles. The topological polar surface area (TPSA) is 68.5 Å². The number of carbonyl (C=O) groups is 1. The van der Waals surface area contributed by atoms with Gasteiger partial charge in [-0.3, -0.25) is 9.78 Å². The monoisotopic (exact) mass is 353 g/mol. The molecule has 1 atom stereocenters. The molecule has 2 fully saturated rings. The van der Waals surface area contributed by atoms with Crippen LogP contribution in [0.2, 0.25) is 0 Å². The summed E-state index contributed by atoms with van der Waals surface area (Å²) in [7, 11) is 0. The van der Waals surface area contributed by atoms with E-state index in [2.05, 4.69) is 9.88 Å². The van der Waals surface area contributed by atoms with Crippen LogP contribution in [0.15, 0.2) is 30.6 Å². The van der Waals surface area contributed by atoms with Crippen LogP contribution in [0.1, 0.15) is 48.9 Å². The van der Waals surface area contributed by atoms with Crippen LogP contribution >= 0.6 is 0 Å². The summed E-state index contributed by atoms with van der Waals surface area (Å²) in [6, 6.07) is 5.60. The highest BCUT2D eigenvalue weighted by atomic mass is 16.5. The Morgan fingerprint density at radius 1 is 1.19 bits per heavy atom. The van der Waals surface area contributed by atoms with Gasteiger partial charge in [-0.1, -0.05) is 6.07 Å². The lowest BCUT2D eigenvalue weighted by atomic mass is 9.88. The molecule has 0 saturated carbocycles. The van der Waals surface area contributed by atoms with Gasteiger partial charge in [-0.25, -0.2) is 0 Å². The minimum absolute atomic E-state index is 0.388. The normalized spacial score (nSPS) is 21.8. The lowest BCUT2D eigenvalue weighted by Crippen LogP contribution is -2.35. The zero-order valence-corrected chi connectivity index (χ0v) is 15.2. The zero-order chi connectivity index (χ0) is 17.9. The molecule has 2 aliphatic rings. The lowest BCUT2D eigenvalue weighted by molar-refractivity contribution is -0.000539. The molecule has 1 amide bonds. The molecular weight excluding hydrogens is 326 g/mol. The van der Waals surface area contributed by atoms with Crippen molar-refractivity contribution in [2.45, 2.75) is 44.6 Å². The molecule has 1 unspecified atom stereocenters. The van der Waals surface area contributed by atoms with Gasteiger partial charge >= 0.3 is 0 Å². The predicted molar refractivity (Wildman–Crippen MR) is 103 cm³/mol. The first-order chi connectivity index (χ1) is 12.7. The molecule has 5 nitrogen and oxygen atoms in total. The van der Waals surface area contributed by atoms with E-state index in [-0.39, 0.29) is 5.91 Å². The molecule has 5 heteroatoms. The number of nitrogens with two attached hydrogens (primary N) is 1. The van der Waals surface area contributed by atoms with Crippen LogP contribution in [0, 0.1) is 5.92 Å². The fourth-order valence-electron chi connectivity index (χ4n) is 4.33. The number of primary amides is 1. The largest absolute Gasteiger partial charge is 0.378 e. The highest BCUT2D eigenvalue weighted by molar-refractivity contribution is 6.01. The summed E-state index contributed by atoms with van der Waals surface area (Å²) < 4.78 is 5.92. The summed E-state index contributed by atoms with van der Waals surface area (Å²) in [5.74, 6) is 0.360. The zero-order valence-electron chi connectivity index (χ0n) is 15.2. The van der Waals surface area contributed by atoms with E-state index in [1.54, 1.807) is 6.07 Å². The Kier molecular flexibility index (Phi) is 5.07. The second-order valence-electron chi connectivity index (χ2n) is 7.61. The predicted octanol–water partition coefficient (Wildman–Crippen LogP) is 3.51. The van der Waals surface area contributed by atoms with Gasteiger partial charge in [-0.2, -0.15) is 0 Å². The molecule has 2 aromatic rings. The number of benzene rings is 1. The second kappa shape index (κ2) is 7.62. The average Bonchev–Trinajstić information content (AvgIpc) is 2.68. The molecule has 2 aliphatic heterocycles. The van der Waals surface area contributed by atoms with Gasteiger partial charge in [0.1, 0.15) is 0 Å². The number of fused-ring (bicyclic) bond motifs is 1. The van der Waals surface area contributed by atoms with Crippen LogP contribution in [0.3, 0.4) is 0 Å². The summed E-state index contributed by atoms with van der Waals surface area (Å²) in [6.07, 6.45) is 11.6. The maximum atomic E-state index is 11.5. The molecule has 138 valence electrons. The number of pyridine rings is 1. The van der Waals surface area contributed by atoms with Gasteiger partial charge in [-0.15, -0.1) is 0 Å². The van der Waals surface area contributed by atoms with Gasteiger partial charge in [0.2, 0.25) is 5.91 Å². The summed E-state index contributed by atoms with van der Waals surface area (Å²) >= 11 is 0. The lowest BCUT2D eigenvalue weighted by Gasteiger charge is -2.36. The quantitative estimate of drug-likeness (QED) is 0.913. The van der Waals surface area contributed by atoms with E-state index in [1.807, 2.05) is 24.5 Å². The average molecular weight is 353 g/mol. The molecule has 2 N–H and O–H groups in total. The molecule has 3 heterocycles. The van der Waals surface area contributed by atoms with E-state index in [0.717, 1.165) is 42.1 Å². The molecule has 26 heavy (non-hydrogen) atoms. The number of anilines is 1. The third kappa shape index (κ3) is 3.68. The van der Waals surface area contributed by atoms with Crippen LogP contribution in [0.25, 0.3) is 10.8 Å². The van der Waals surface area contributed by atoms with E-state index in [9.17, 15) is 4.79 Å². The molecule has 0 spiro atoms. The maximum absolute atomic E-state index is 11.5. The first-order valence-electron chi connectivity index (χ1n) is 9.75. The summed E-state index contributed by atoms with van der Waals surface area (Å²) in [5.41, 5.74) is 7.12. The van der Waals surface area contributed by atoms with Crippen molar-refractivity contribution in [3.05, 3.63) is 36.2 Å². The van der Waals surface area contributed by atoms with Gasteiger partial charge in [0.25, 0.3) is 0 Å². The van der Waals surface area contributed by atoms with Crippen LogP contribution in [0.5, 0.6) is 0 Å². The first kappa shape index (κ1) is 17.3. The van der Waals surface area contributed by atoms with Crippen molar-refractivity contribution in [1.82, 2.24) is 4.98 Å². The number of hydrogen-bond donors (Lipinski definition) is 1. The Bertz CT molecular complexity index is 778. The summed E-state index contributed by atoms with van der Waals surface area (Å²) in [5, 5.41) is 2.11. The molecule has 1 aromatic carbocycles. The number of aromatic nitrogens is 1. The van der Waals surface area contributed by atoms with Gasteiger partial charge in [-0.05, 0) is 56.6 Å². The minimum atomic E-state index is -0.388. The van der Waals surface area contributed by atoms with Gasteiger partial charge in [0.05, 0.1) is 18.0 Å². The Labute approximate surface area is 154 Å². The Morgan fingerprint density at radius 2 is 2.04 bits per heavy atom. The van der Waals surface area contributed by atoms with E-state index in [4.69, 9.17) is 10.5 Å². The Morgan fingerprint density at radius 3 is 2.77 bits per heavy atom. The molecule has 0 aliphatic carbocycles. The first-order valence-corrected chi connectivity index (χ1v) is 9.75. The van der Waals surface area contributed by atoms with E-state index in [0.29, 0.717) is 11.7 Å². The molecule has 2 saturated heterocycles. The Balaban J connectivity index is 1.47. The van der Waals surface area contributed by atoms with Gasteiger partial charge in [0.15, 0.2) is 0 Å². The fraction of sp³-hybridized carbons (Fsp3) is 0.524. The number of nitrogens with zero attached hydrogens (tertiary/aromatic N) is 2. The minimum Gasteiger partial charge on any atom is -0.378 e. The molecular formula is C21H27N3O2. The van der Waals surface area contributed by atoms with Gasteiger partial charge in [0, 0.05) is 42.2 Å². The third-order valence-corrected chi connectivity index (χ3v) is 5.85. The fourth-order valence-corrected chi connectivity index (χ4v) is 4.33. The third-order valence-electron chi connectivity index (χ3n) is 5.85. The number of ether oxygens (including phenoxy) is 1. The van der Waals surface area contributed by atoms with Crippen molar-refractivity contribution in [1.29, 1.82) is 0 Å². The smallest absolute Gasteiger partial charge is 0.248 e. The van der Waals surface area contributed by atoms with Crippen molar-refractivity contribution in [3.8, 4) is 0 Å². The highest BCUT2D eigenvalue weighted by Crippen LogP contribution is 2.32. The van der Waals surface area contributed by atoms with Gasteiger partial charge < -0.3 is 15.4 Å². The van der Waals surface area contributed by atoms with Crippen LogP contribution < -0.4 is 10.6 Å². The number of hydrogen-bond acceptors (Lipinski definition) is 4. The molecule has 0 radical (unpaired) electrons. The number of carbonyl (C=O) groups excluding carboxylic acids is 1. The van der Waals surface area contributed by atoms with Crippen molar-refractivity contribution in [2.75, 3.05) is 24.6 Å². The molecule has 0 bridgehead atoms. The number of amides is 1. The highest BCUT2D eigenvalue weighted by Gasteiger charge is 2.25. The molecule has 4 rings (SSSR count). The second-order valence-corrected chi connectivity index (χ2v) is 7.61. The van der Waals surface area contributed by atoms with Crippen molar-refractivity contribution < 1.29 is 9.53 Å². The number of piperidine rings is 1. The van der Waals surface area contributed by atoms with Crippen LogP contribution in [-0.4, -0.2) is 36.7 Å².